The van der Waals surface area contributed by atoms with E-state index in [-0.39, 0.29) is 36.9 Å². The standard InChI is InChI=1S/C37H39N3O9S/c1-6-46-29-20-24(16-17-27(29)49-22-31(41)39-25-12-9-8-10-13-25)21-30-35(42)40-33(26-14-11-15-28(45-5)34(26)47-7-2)32(23(3)38-37(40)50-30)36(43)48-19-18-44-4/h8-17,20-21,33H,6-7,18-19,22H2,1-5H3,(H,39,41)/b30-21+/t33-/m1/s1. The summed E-state index contributed by atoms with van der Waals surface area (Å²) in [6, 6.07) is 18.7. The predicted octanol–water partition coefficient (Wildman–Crippen LogP) is 4.25. The van der Waals surface area contributed by atoms with E-state index >= 15 is 0 Å². The van der Waals surface area contributed by atoms with E-state index in [2.05, 4.69) is 10.3 Å². The third-order valence-electron chi connectivity index (χ3n) is 7.56. The molecule has 0 aliphatic carbocycles. The monoisotopic (exact) mass is 701 g/mol. The lowest BCUT2D eigenvalue weighted by Gasteiger charge is -2.27. The number of benzene rings is 3. The average Bonchev–Trinajstić information content (AvgIpc) is 3.41. The quantitative estimate of drug-likeness (QED) is 0.143. The van der Waals surface area contributed by atoms with Crippen LogP contribution >= 0.6 is 11.3 Å². The first-order chi connectivity index (χ1) is 24.3. The number of hydrogen-bond acceptors (Lipinski definition) is 11. The Bertz CT molecular complexity index is 2050. The van der Waals surface area contributed by atoms with Crippen LogP contribution in [0.2, 0.25) is 0 Å². The number of fused-ring (bicyclic) bond motifs is 1. The van der Waals surface area contributed by atoms with E-state index in [0.717, 1.165) is 0 Å². The lowest BCUT2D eigenvalue weighted by molar-refractivity contribution is -0.140. The Labute approximate surface area is 293 Å². The van der Waals surface area contributed by atoms with E-state index in [0.29, 0.717) is 68.1 Å². The number of amides is 1. The predicted molar refractivity (Wildman–Crippen MR) is 189 cm³/mol. The Hall–Kier alpha value is -5.40. The fourth-order valence-electron chi connectivity index (χ4n) is 5.40. The third-order valence-corrected chi connectivity index (χ3v) is 8.54. The summed E-state index contributed by atoms with van der Waals surface area (Å²) in [6.45, 7) is 6.08. The minimum Gasteiger partial charge on any atom is -0.493 e. The van der Waals surface area contributed by atoms with Gasteiger partial charge in [0.2, 0.25) is 0 Å². The Morgan fingerprint density at radius 3 is 2.42 bits per heavy atom. The van der Waals surface area contributed by atoms with Crippen LogP contribution in [0.1, 0.15) is 37.9 Å². The fourth-order valence-corrected chi connectivity index (χ4v) is 6.44. The van der Waals surface area contributed by atoms with Gasteiger partial charge in [0.15, 0.2) is 34.4 Å². The molecule has 5 rings (SSSR count). The van der Waals surface area contributed by atoms with Crippen molar-refractivity contribution in [1.82, 2.24) is 4.57 Å². The first kappa shape index (κ1) is 35.9. The number of nitrogens with one attached hydrogen (secondary N) is 1. The molecule has 0 spiro atoms. The molecule has 50 heavy (non-hydrogen) atoms. The lowest BCUT2D eigenvalue weighted by Crippen LogP contribution is -2.40. The van der Waals surface area contributed by atoms with Gasteiger partial charge in [-0.15, -0.1) is 0 Å². The van der Waals surface area contributed by atoms with Gasteiger partial charge in [-0.1, -0.05) is 47.7 Å². The van der Waals surface area contributed by atoms with Crippen molar-refractivity contribution in [3.8, 4) is 23.0 Å². The Morgan fingerprint density at radius 2 is 1.70 bits per heavy atom. The molecule has 4 aromatic rings. The fraction of sp³-hybridized carbons (Fsp3) is 0.297. The van der Waals surface area contributed by atoms with E-state index in [4.69, 9.17) is 28.4 Å². The van der Waals surface area contributed by atoms with Crippen LogP contribution < -0.4 is 39.2 Å². The molecule has 1 atom stereocenters. The van der Waals surface area contributed by atoms with Crippen molar-refractivity contribution in [3.63, 3.8) is 0 Å². The van der Waals surface area contributed by atoms with Gasteiger partial charge in [-0.3, -0.25) is 14.2 Å². The Kier molecular flexibility index (Phi) is 12.1. The number of methoxy groups -OCH3 is 2. The summed E-state index contributed by atoms with van der Waals surface area (Å²) in [7, 11) is 3.04. The van der Waals surface area contributed by atoms with Crippen LogP contribution in [0.3, 0.4) is 0 Å². The zero-order valence-electron chi connectivity index (χ0n) is 28.5. The second-order valence-electron chi connectivity index (χ2n) is 10.9. The average molecular weight is 702 g/mol. The first-order valence-corrected chi connectivity index (χ1v) is 16.8. The smallest absolute Gasteiger partial charge is 0.338 e. The van der Waals surface area contributed by atoms with Crippen molar-refractivity contribution in [2.45, 2.75) is 26.8 Å². The number of nitrogens with zero attached hydrogens (tertiary/aromatic N) is 2. The van der Waals surface area contributed by atoms with Crippen molar-refractivity contribution in [3.05, 3.63) is 109 Å². The van der Waals surface area contributed by atoms with Crippen LogP contribution in [0.5, 0.6) is 23.0 Å². The SMILES string of the molecule is CCOc1cc(/C=c2/sc3n(c2=O)[C@H](c2cccc(OC)c2OCC)C(C(=O)OCCOC)=C(C)N=3)ccc1OCC(=O)Nc1ccccc1. The van der Waals surface area contributed by atoms with E-state index in [1.807, 2.05) is 32.0 Å². The number of rotatable bonds is 15. The number of carbonyl (C=O) groups excluding carboxylic acids is 2. The molecule has 1 amide bonds. The van der Waals surface area contributed by atoms with Gasteiger partial charge >= 0.3 is 5.97 Å². The second-order valence-corrected chi connectivity index (χ2v) is 11.9. The van der Waals surface area contributed by atoms with Crippen LogP contribution in [-0.4, -0.2) is 63.7 Å². The zero-order chi connectivity index (χ0) is 35.6. The number of para-hydroxylation sites is 2. The summed E-state index contributed by atoms with van der Waals surface area (Å²) in [6.07, 6.45) is 1.72. The van der Waals surface area contributed by atoms with Crippen LogP contribution in [0.4, 0.5) is 5.69 Å². The van der Waals surface area contributed by atoms with E-state index in [1.54, 1.807) is 61.5 Å². The highest BCUT2D eigenvalue weighted by molar-refractivity contribution is 7.07. The summed E-state index contributed by atoms with van der Waals surface area (Å²) < 4.78 is 35.7. The maximum atomic E-state index is 14.3. The van der Waals surface area contributed by atoms with Crippen molar-refractivity contribution >= 4 is 35.0 Å². The van der Waals surface area contributed by atoms with Gasteiger partial charge in [0.05, 0.1) is 42.7 Å². The third kappa shape index (κ3) is 8.07. The molecule has 262 valence electrons. The Balaban J connectivity index is 1.54. The number of ether oxygens (including phenoxy) is 6. The molecule has 3 aromatic carbocycles. The van der Waals surface area contributed by atoms with Gasteiger partial charge in [0.25, 0.3) is 11.5 Å². The van der Waals surface area contributed by atoms with Gasteiger partial charge in [0, 0.05) is 18.4 Å². The van der Waals surface area contributed by atoms with Crippen LogP contribution in [0, 0.1) is 0 Å². The highest BCUT2D eigenvalue weighted by Gasteiger charge is 2.36. The molecule has 1 aliphatic rings. The summed E-state index contributed by atoms with van der Waals surface area (Å²) in [5.41, 5.74) is 2.11. The zero-order valence-corrected chi connectivity index (χ0v) is 29.3. The topological polar surface area (TPSA) is 136 Å². The molecule has 1 N–H and O–H groups in total. The molecule has 1 aliphatic heterocycles. The van der Waals surface area contributed by atoms with Gasteiger partial charge in [-0.05, 0) is 62.7 Å². The molecule has 0 saturated carbocycles. The molecule has 0 saturated heterocycles. The number of allylic oxidation sites excluding steroid dienone is 1. The first-order valence-electron chi connectivity index (χ1n) is 16.0. The maximum Gasteiger partial charge on any atom is 0.338 e. The van der Waals surface area contributed by atoms with Crippen LogP contribution in [0.25, 0.3) is 6.08 Å². The normalized spacial score (nSPS) is 14.0. The summed E-state index contributed by atoms with van der Waals surface area (Å²) >= 11 is 1.19. The van der Waals surface area contributed by atoms with Gasteiger partial charge in [0.1, 0.15) is 12.6 Å². The number of anilines is 1. The van der Waals surface area contributed by atoms with Crippen LogP contribution in [0.15, 0.2) is 87.8 Å². The van der Waals surface area contributed by atoms with E-state index in [1.165, 1.54) is 30.1 Å². The van der Waals surface area contributed by atoms with Crippen molar-refractivity contribution < 1.29 is 38.0 Å². The van der Waals surface area contributed by atoms with E-state index < -0.39 is 12.0 Å². The molecular weight excluding hydrogens is 662 g/mol. The molecule has 1 aromatic heterocycles. The number of thiazole rings is 1. The minimum atomic E-state index is -0.920. The second kappa shape index (κ2) is 16.8. The highest BCUT2D eigenvalue weighted by atomic mass is 32.1. The van der Waals surface area contributed by atoms with Crippen LogP contribution in [-0.2, 0) is 19.1 Å². The summed E-state index contributed by atoms with van der Waals surface area (Å²) in [4.78, 5) is 45.4. The van der Waals surface area contributed by atoms with Gasteiger partial charge in [-0.2, -0.15) is 0 Å². The summed E-state index contributed by atoms with van der Waals surface area (Å²) in [5, 5.41) is 2.79. The van der Waals surface area contributed by atoms with Crippen molar-refractivity contribution in [2.24, 2.45) is 4.99 Å². The molecule has 13 heteroatoms. The minimum absolute atomic E-state index is 0.0270. The molecular formula is C37H39N3O9S. The largest absolute Gasteiger partial charge is 0.493 e. The molecule has 12 nitrogen and oxygen atoms in total. The summed E-state index contributed by atoms with van der Waals surface area (Å²) in [5.74, 6) is 0.706. The number of hydrogen-bond donors (Lipinski definition) is 1. The molecule has 0 unspecified atom stereocenters. The van der Waals surface area contributed by atoms with Gasteiger partial charge in [-0.25, -0.2) is 9.79 Å². The number of aromatic nitrogens is 1. The maximum absolute atomic E-state index is 14.3. The molecule has 0 fully saturated rings. The highest BCUT2D eigenvalue weighted by Crippen LogP contribution is 2.41. The number of esters is 1. The number of carbonyl (C=O) groups is 2. The molecule has 0 bridgehead atoms. The lowest BCUT2D eigenvalue weighted by atomic mass is 9.94. The van der Waals surface area contributed by atoms with Crippen molar-refractivity contribution in [1.29, 1.82) is 0 Å². The van der Waals surface area contributed by atoms with Crippen molar-refractivity contribution in [2.75, 3.05) is 52.6 Å². The Morgan fingerprint density at radius 1 is 0.920 bits per heavy atom. The van der Waals surface area contributed by atoms with Gasteiger partial charge < -0.3 is 33.7 Å². The molecule has 0 radical (unpaired) electrons. The van der Waals surface area contributed by atoms with E-state index in [9.17, 15) is 14.4 Å². The molecule has 2 heterocycles.